The number of carboxylic acid groups (broad SMARTS) is 1. The summed E-state index contributed by atoms with van der Waals surface area (Å²) in [5.74, 6) is -0.113. The molecule has 15 heavy (non-hydrogen) atoms. The fourth-order valence-electron chi connectivity index (χ4n) is 1.03. The molecule has 0 aliphatic heterocycles. The van der Waals surface area contributed by atoms with E-state index < -0.39 is 5.97 Å². The molecule has 1 aromatic carbocycles. The van der Waals surface area contributed by atoms with Crippen LogP contribution in [-0.4, -0.2) is 23.4 Å². The highest BCUT2D eigenvalue weighted by Crippen LogP contribution is 2.24. The van der Waals surface area contributed by atoms with E-state index in [4.69, 9.17) is 22.4 Å². The van der Waals surface area contributed by atoms with Crippen molar-refractivity contribution in [2.45, 2.75) is 11.3 Å². The Morgan fingerprint density at radius 1 is 1.53 bits per heavy atom. The Labute approximate surface area is 97.6 Å². The fourth-order valence-corrected chi connectivity index (χ4v) is 2.14. The molecule has 0 aliphatic rings. The monoisotopic (exact) mass is 245 g/mol. The Bertz CT molecular complexity index is 357. The lowest BCUT2D eigenvalue weighted by molar-refractivity contribution is 0.0697. The molecule has 0 saturated heterocycles. The molecule has 0 heterocycles. The molecule has 0 bridgehead atoms. The van der Waals surface area contributed by atoms with Crippen LogP contribution < -0.4 is 5.73 Å². The Morgan fingerprint density at radius 2 is 2.27 bits per heavy atom. The second kappa shape index (κ2) is 6.00. The normalized spacial score (nSPS) is 10.3. The van der Waals surface area contributed by atoms with E-state index in [2.05, 4.69) is 0 Å². The third-order valence-corrected chi connectivity index (χ3v) is 3.20. The van der Waals surface area contributed by atoms with Gasteiger partial charge in [0.25, 0.3) is 0 Å². The van der Waals surface area contributed by atoms with Crippen molar-refractivity contribution in [3.63, 3.8) is 0 Å². The Morgan fingerprint density at radius 3 is 2.87 bits per heavy atom. The first-order chi connectivity index (χ1) is 7.15. The van der Waals surface area contributed by atoms with Crippen LogP contribution in [-0.2, 0) is 0 Å². The minimum absolute atomic E-state index is 0.148. The van der Waals surface area contributed by atoms with Crippen molar-refractivity contribution in [1.29, 1.82) is 0 Å². The maximum Gasteiger partial charge on any atom is 0.337 e. The summed E-state index contributed by atoms with van der Waals surface area (Å²) in [6.45, 7) is 0.645. The average Bonchev–Trinajstić information content (AvgIpc) is 2.20. The minimum atomic E-state index is -0.999. The van der Waals surface area contributed by atoms with Crippen molar-refractivity contribution in [3.05, 3.63) is 28.8 Å². The van der Waals surface area contributed by atoms with Gasteiger partial charge < -0.3 is 10.8 Å². The van der Waals surface area contributed by atoms with Gasteiger partial charge in [0.2, 0.25) is 0 Å². The second-order valence-electron chi connectivity index (χ2n) is 2.94. The van der Waals surface area contributed by atoms with Crippen LogP contribution in [0.2, 0.25) is 5.02 Å². The van der Waals surface area contributed by atoms with Crippen LogP contribution >= 0.6 is 23.4 Å². The highest BCUT2D eigenvalue weighted by atomic mass is 35.5. The number of hydrogen-bond acceptors (Lipinski definition) is 3. The van der Waals surface area contributed by atoms with Crippen LogP contribution in [0.4, 0.5) is 0 Å². The fraction of sp³-hybridized carbons (Fsp3) is 0.300. The van der Waals surface area contributed by atoms with E-state index in [9.17, 15) is 4.79 Å². The van der Waals surface area contributed by atoms with Gasteiger partial charge in [0, 0.05) is 4.90 Å². The first-order valence-corrected chi connectivity index (χ1v) is 5.87. The lowest BCUT2D eigenvalue weighted by Gasteiger charge is -2.03. The van der Waals surface area contributed by atoms with Crippen LogP contribution in [0.15, 0.2) is 23.1 Å². The molecule has 3 N–H and O–H groups in total. The zero-order valence-electron chi connectivity index (χ0n) is 8.07. The van der Waals surface area contributed by atoms with Gasteiger partial charge in [0.15, 0.2) is 0 Å². The minimum Gasteiger partial charge on any atom is -0.478 e. The van der Waals surface area contributed by atoms with Crippen molar-refractivity contribution < 1.29 is 9.90 Å². The van der Waals surface area contributed by atoms with Crippen LogP contribution in [0.1, 0.15) is 16.8 Å². The van der Waals surface area contributed by atoms with Crippen molar-refractivity contribution in [2.24, 2.45) is 5.73 Å². The number of hydrogen-bond donors (Lipinski definition) is 2. The summed E-state index contributed by atoms with van der Waals surface area (Å²) in [5.41, 5.74) is 5.51. The van der Waals surface area contributed by atoms with Gasteiger partial charge in [-0.25, -0.2) is 4.79 Å². The number of nitrogens with two attached hydrogens (primary N) is 1. The van der Waals surface area contributed by atoms with E-state index in [1.54, 1.807) is 23.9 Å². The predicted molar refractivity (Wildman–Crippen MR) is 62.8 cm³/mol. The van der Waals surface area contributed by atoms with E-state index in [1.165, 1.54) is 0 Å². The van der Waals surface area contributed by atoms with E-state index in [0.29, 0.717) is 6.54 Å². The lowest BCUT2D eigenvalue weighted by atomic mass is 10.2. The largest absolute Gasteiger partial charge is 0.478 e. The third-order valence-electron chi connectivity index (χ3n) is 1.79. The molecule has 0 atom stereocenters. The van der Waals surface area contributed by atoms with Gasteiger partial charge in [-0.15, -0.1) is 11.8 Å². The number of rotatable bonds is 5. The topological polar surface area (TPSA) is 63.3 Å². The number of carbonyl (C=O) groups is 1. The van der Waals surface area contributed by atoms with Gasteiger partial charge in [0.1, 0.15) is 0 Å². The molecule has 3 nitrogen and oxygen atoms in total. The van der Waals surface area contributed by atoms with Gasteiger partial charge in [0.05, 0.1) is 10.6 Å². The van der Waals surface area contributed by atoms with Crippen LogP contribution in [0.25, 0.3) is 0 Å². The Kier molecular flexibility index (Phi) is 4.94. The highest BCUT2D eigenvalue weighted by molar-refractivity contribution is 7.99. The molecule has 1 aromatic rings. The van der Waals surface area contributed by atoms with Gasteiger partial charge >= 0.3 is 5.97 Å². The summed E-state index contributed by atoms with van der Waals surface area (Å²) in [6.07, 6.45) is 0.912. The van der Waals surface area contributed by atoms with Crippen molar-refractivity contribution >= 4 is 29.3 Å². The summed E-state index contributed by atoms with van der Waals surface area (Å²) >= 11 is 7.33. The zero-order chi connectivity index (χ0) is 11.3. The zero-order valence-corrected chi connectivity index (χ0v) is 9.64. The van der Waals surface area contributed by atoms with Crippen LogP contribution in [0, 0.1) is 0 Å². The van der Waals surface area contributed by atoms with Crippen molar-refractivity contribution in [3.8, 4) is 0 Å². The molecule has 82 valence electrons. The highest BCUT2D eigenvalue weighted by Gasteiger charge is 2.09. The smallest absolute Gasteiger partial charge is 0.337 e. The summed E-state index contributed by atoms with van der Waals surface area (Å²) in [6, 6.07) is 5.01. The van der Waals surface area contributed by atoms with E-state index >= 15 is 0 Å². The second-order valence-corrected chi connectivity index (χ2v) is 4.51. The number of carboxylic acids is 1. The summed E-state index contributed by atoms with van der Waals surface area (Å²) in [5, 5.41) is 9.12. The predicted octanol–water partition coefficient (Wildman–Crippen LogP) is 2.48. The maximum atomic E-state index is 10.8. The quantitative estimate of drug-likeness (QED) is 0.618. The molecule has 1 rings (SSSR count). The number of benzene rings is 1. The Hall–Kier alpha value is -0.710. The average molecular weight is 246 g/mol. The maximum absolute atomic E-state index is 10.8. The van der Waals surface area contributed by atoms with Crippen LogP contribution in [0.3, 0.4) is 0 Å². The molecule has 0 fully saturated rings. The molecular weight excluding hydrogens is 234 g/mol. The molecule has 0 unspecified atom stereocenters. The van der Waals surface area contributed by atoms with Gasteiger partial charge in [-0.2, -0.15) is 0 Å². The molecule has 0 radical (unpaired) electrons. The molecule has 0 amide bonds. The number of halogens is 1. The summed E-state index contributed by atoms with van der Waals surface area (Å²) in [4.78, 5) is 11.7. The van der Waals surface area contributed by atoms with Gasteiger partial charge in [-0.05, 0) is 36.9 Å². The lowest BCUT2D eigenvalue weighted by Crippen LogP contribution is -2.00. The molecule has 0 spiro atoms. The molecule has 5 heteroatoms. The molecule has 0 aliphatic carbocycles. The van der Waals surface area contributed by atoms with Crippen molar-refractivity contribution in [1.82, 2.24) is 0 Å². The first kappa shape index (κ1) is 12.4. The molecule has 0 aromatic heterocycles. The third kappa shape index (κ3) is 3.74. The summed E-state index contributed by atoms with van der Waals surface area (Å²) < 4.78 is 0. The van der Waals surface area contributed by atoms with Gasteiger partial charge in [-0.1, -0.05) is 11.6 Å². The number of thioether (sulfide) groups is 1. The standard InChI is InChI=1S/C10H12ClNO2S/c11-9-3-2-7(15-5-1-4-12)6-8(9)10(13)14/h2-3,6H,1,4-5,12H2,(H,13,14). The summed E-state index contributed by atoms with van der Waals surface area (Å²) in [7, 11) is 0. The number of aromatic carboxylic acids is 1. The molecule has 0 saturated carbocycles. The van der Waals surface area contributed by atoms with E-state index in [0.717, 1.165) is 17.1 Å². The Balaban J connectivity index is 2.74. The van der Waals surface area contributed by atoms with E-state index in [-0.39, 0.29) is 10.6 Å². The van der Waals surface area contributed by atoms with Crippen LogP contribution in [0.5, 0.6) is 0 Å². The SMILES string of the molecule is NCCCSc1ccc(Cl)c(C(=O)O)c1. The first-order valence-electron chi connectivity index (χ1n) is 4.51. The van der Waals surface area contributed by atoms with Crippen molar-refractivity contribution in [2.75, 3.05) is 12.3 Å². The van der Waals surface area contributed by atoms with E-state index in [1.807, 2.05) is 6.07 Å². The van der Waals surface area contributed by atoms with Gasteiger partial charge in [-0.3, -0.25) is 0 Å². The molecular formula is C10H12ClNO2S.